The molecule has 10 heavy (non-hydrogen) atoms. The van der Waals surface area contributed by atoms with Crippen molar-refractivity contribution in [2.75, 3.05) is 18.1 Å². The maximum absolute atomic E-state index is 5.18. The zero-order valence-electron chi connectivity index (χ0n) is 5.91. The highest BCUT2D eigenvalue weighted by Gasteiger charge is 2.27. The zero-order valence-corrected chi connectivity index (χ0v) is 7.55. The second kappa shape index (κ2) is 3.37. The predicted octanol–water partition coefficient (Wildman–Crippen LogP) is 1.97. The Morgan fingerprint density at radius 2 is 2.00 bits per heavy atom. The molecule has 0 saturated carbocycles. The minimum Gasteiger partial charge on any atom is -0.373 e. The van der Waals surface area contributed by atoms with E-state index in [1.807, 2.05) is 0 Å². The van der Waals surface area contributed by atoms with Crippen LogP contribution in [0.15, 0.2) is 0 Å². The third-order valence-corrected chi connectivity index (χ3v) is 4.75. The second-order valence-corrected chi connectivity index (χ2v) is 5.64. The third kappa shape index (κ3) is 2.07. The Kier molecular flexibility index (Phi) is 2.47. The molecule has 0 spiro atoms. The Hall–Kier alpha value is 0.660. The van der Waals surface area contributed by atoms with Gasteiger partial charge in [-0.2, -0.15) is 0 Å². The van der Waals surface area contributed by atoms with Crippen LogP contribution < -0.4 is 0 Å². The molecule has 3 heteroatoms. The second-order valence-electron chi connectivity index (χ2n) is 2.72. The summed E-state index contributed by atoms with van der Waals surface area (Å²) in [5.41, 5.74) is 0. The molecule has 2 saturated heterocycles. The van der Waals surface area contributed by atoms with Crippen LogP contribution in [0.1, 0.15) is 12.8 Å². The van der Waals surface area contributed by atoms with Gasteiger partial charge in [0.2, 0.25) is 0 Å². The van der Waals surface area contributed by atoms with Gasteiger partial charge in [-0.25, -0.2) is 0 Å². The summed E-state index contributed by atoms with van der Waals surface area (Å²) in [7, 11) is 0. The molecule has 2 heterocycles. The van der Waals surface area contributed by atoms with Crippen LogP contribution in [-0.2, 0) is 4.74 Å². The van der Waals surface area contributed by atoms with Crippen LogP contribution in [0.5, 0.6) is 0 Å². The first-order valence-corrected chi connectivity index (χ1v) is 5.90. The van der Waals surface area contributed by atoms with Gasteiger partial charge in [-0.1, -0.05) is 0 Å². The van der Waals surface area contributed by atoms with Gasteiger partial charge in [-0.15, -0.1) is 23.5 Å². The number of ether oxygens (including phenoxy) is 1. The van der Waals surface area contributed by atoms with E-state index in [1.54, 1.807) is 0 Å². The van der Waals surface area contributed by atoms with Crippen molar-refractivity contribution in [3.63, 3.8) is 0 Å². The smallest absolute Gasteiger partial charge is 0.0828 e. The maximum Gasteiger partial charge on any atom is 0.0828 e. The maximum atomic E-state index is 5.18. The summed E-state index contributed by atoms with van der Waals surface area (Å²) in [5, 5.41) is 0. The molecule has 0 N–H and O–H groups in total. The Labute approximate surface area is 70.3 Å². The quantitative estimate of drug-likeness (QED) is 0.597. The first-order valence-electron chi connectivity index (χ1n) is 3.80. The van der Waals surface area contributed by atoms with E-state index in [9.17, 15) is 0 Å². The van der Waals surface area contributed by atoms with Crippen molar-refractivity contribution in [1.82, 2.24) is 0 Å². The van der Waals surface area contributed by atoms with Gasteiger partial charge in [0.05, 0.1) is 17.3 Å². The molecular formula is C7H12OS2. The summed E-state index contributed by atoms with van der Waals surface area (Å²) in [6.07, 6.45) is 3.32. The van der Waals surface area contributed by atoms with E-state index in [1.165, 1.54) is 24.3 Å². The molecule has 2 rings (SSSR count). The van der Waals surface area contributed by atoms with Gasteiger partial charge >= 0.3 is 0 Å². The van der Waals surface area contributed by atoms with E-state index >= 15 is 0 Å². The van der Waals surface area contributed by atoms with E-state index < -0.39 is 0 Å². The van der Waals surface area contributed by atoms with Gasteiger partial charge in [0.1, 0.15) is 0 Å². The molecule has 58 valence electrons. The summed E-state index contributed by atoms with van der Waals surface area (Å²) in [6, 6.07) is 0. The molecule has 1 atom stereocenters. The van der Waals surface area contributed by atoms with E-state index in [0.717, 1.165) is 11.2 Å². The fraction of sp³-hybridized carbons (Fsp3) is 1.00. The molecule has 2 fully saturated rings. The Balaban J connectivity index is 1.69. The standard InChI is InChI=1S/C7H12OS2/c1-2-9-7(10-3-1)4-6-5-8-6/h6-7H,1-5H2. The molecule has 0 amide bonds. The molecule has 2 aliphatic heterocycles. The molecule has 1 unspecified atom stereocenters. The molecule has 1 nitrogen and oxygen atoms in total. The van der Waals surface area contributed by atoms with Crippen LogP contribution >= 0.6 is 23.5 Å². The van der Waals surface area contributed by atoms with Crippen LogP contribution in [-0.4, -0.2) is 28.8 Å². The zero-order chi connectivity index (χ0) is 6.81. The summed E-state index contributed by atoms with van der Waals surface area (Å²) >= 11 is 4.23. The Morgan fingerprint density at radius 1 is 1.30 bits per heavy atom. The van der Waals surface area contributed by atoms with Gasteiger partial charge in [-0.3, -0.25) is 0 Å². The summed E-state index contributed by atoms with van der Waals surface area (Å²) < 4.78 is 6.03. The number of rotatable bonds is 2. The lowest BCUT2D eigenvalue weighted by molar-refractivity contribution is 0.402. The molecule has 0 aliphatic carbocycles. The van der Waals surface area contributed by atoms with Crippen molar-refractivity contribution in [3.05, 3.63) is 0 Å². The van der Waals surface area contributed by atoms with Crippen LogP contribution in [0.3, 0.4) is 0 Å². The normalized spacial score (nSPS) is 34.2. The largest absolute Gasteiger partial charge is 0.373 e. The fourth-order valence-electron chi connectivity index (χ4n) is 1.09. The van der Waals surface area contributed by atoms with Crippen LogP contribution in [0, 0.1) is 0 Å². The van der Waals surface area contributed by atoms with Crippen LogP contribution in [0.2, 0.25) is 0 Å². The van der Waals surface area contributed by atoms with Gasteiger partial charge < -0.3 is 4.74 Å². The highest BCUT2D eigenvalue weighted by Crippen LogP contribution is 2.36. The Morgan fingerprint density at radius 3 is 2.60 bits per heavy atom. The number of thioether (sulfide) groups is 2. The van der Waals surface area contributed by atoms with Crippen molar-refractivity contribution >= 4 is 23.5 Å². The average molecular weight is 176 g/mol. The number of hydrogen-bond donors (Lipinski definition) is 0. The van der Waals surface area contributed by atoms with Gasteiger partial charge in [0.15, 0.2) is 0 Å². The van der Waals surface area contributed by atoms with Gasteiger partial charge in [0, 0.05) is 0 Å². The minimum atomic E-state index is 0.628. The van der Waals surface area contributed by atoms with Gasteiger partial charge in [-0.05, 0) is 24.3 Å². The van der Waals surface area contributed by atoms with Gasteiger partial charge in [0.25, 0.3) is 0 Å². The van der Waals surface area contributed by atoms with E-state index in [2.05, 4.69) is 23.5 Å². The van der Waals surface area contributed by atoms with E-state index in [0.29, 0.717) is 6.10 Å². The summed E-state index contributed by atoms with van der Waals surface area (Å²) in [6.45, 7) is 1.03. The molecular weight excluding hydrogens is 164 g/mol. The molecule has 0 radical (unpaired) electrons. The first kappa shape index (κ1) is 7.32. The number of epoxide rings is 1. The molecule has 2 aliphatic rings. The van der Waals surface area contributed by atoms with Crippen LogP contribution in [0.25, 0.3) is 0 Å². The highest BCUT2D eigenvalue weighted by molar-refractivity contribution is 8.17. The van der Waals surface area contributed by atoms with E-state index in [-0.39, 0.29) is 0 Å². The summed E-state index contributed by atoms with van der Waals surface area (Å²) in [4.78, 5) is 0. The fourth-order valence-corrected chi connectivity index (χ4v) is 4.09. The minimum absolute atomic E-state index is 0.628. The molecule has 0 aromatic carbocycles. The van der Waals surface area contributed by atoms with Crippen molar-refractivity contribution < 1.29 is 4.74 Å². The third-order valence-electron chi connectivity index (χ3n) is 1.75. The lowest BCUT2D eigenvalue weighted by Gasteiger charge is -2.19. The highest BCUT2D eigenvalue weighted by atomic mass is 32.2. The van der Waals surface area contributed by atoms with Crippen LogP contribution in [0.4, 0.5) is 0 Å². The van der Waals surface area contributed by atoms with Crippen molar-refractivity contribution in [3.8, 4) is 0 Å². The SMILES string of the molecule is C1CSC(CC2CO2)SC1. The molecule has 0 aromatic rings. The molecule has 0 bridgehead atoms. The molecule has 0 aromatic heterocycles. The average Bonchev–Trinajstić information content (AvgIpc) is 2.74. The summed E-state index contributed by atoms with van der Waals surface area (Å²) in [5.74, 6) is 2.73. The monoisotopic (exact) mass is 176 g/mol. The Bertz CT molecular complexity index is 108. The first-order chi connectivity index (χ1) is 4.95. The van der Waals surface area contributed by atoms with Crippen molar-refractivity contribution in [1.29, 1.82) is 0 Å². The van der Waals surface area contributed by atoms with Crippen molar-refractivity contribution in [2.45, 2.75) is 23.5 Å². The lowest BCUT2D eigenvalue weighted by Crippen LogP contribution is -2.08. The predicted molar refractivity (Wildman–Crippen MR) is 47.7 cm³/mol. The topological polar surface area (TPSA) is 12.5 Å². The lowest BCUT2D eigenvalue weighted by atomic mass is 10.4. The number of hydrogen-bond acceptors (Lipinski definition) is 3. The van der Waals surface area contributed by atoms with E-state index in [4.69, 9.17) is 4.74 Å². The van der Waals surface area contributed by atoms with Crippen molar-refractivity contribution in [2.24, 2.45) is 0 Å².